The van der Waals surface area contributed by atoms with E-state index in [-0.39, 0.29) is 42.2 Å². The van der Waals surface area contributed by atoms with E-state index in [1.165, 1.54) is 16.7 Å². The monoisotopic (exact) mass is 513 g/mol. The number of alkyl halides is 2. The van der Waals surface area contributed by atoms with Crippen molar-refractivity contribution in [2.75, 3.05) is 6.54 Å². The summed E-state index contributed by atoms with van der Waals surface area (Å²) in [6.45, 7) is 3.00. The first-order valence-electron chi connectivity index (χ1n) is 11.7. The van der Waals surface area contributed by atoms with Crippen LogP contribution in [-0.4, -0.2) is 34.3 Å². The van der Waals surface area contributed by atoms with Gasteiger partial charge in [-0.25, -0.2) is 9.78 Å². The molecule has 0 saturated heterocycles. The fourth-order valence-electron chi connectivity index (χ4n) is 5.40. The number of halogens is 2. The van der Waals surface area contributed by atoms with Gasteiger partial charge >= 0.3 is 18.2 Å². The number of benzene rings is 1. The van der Waals surface area contributed by atoms with Crippen molar-refractivity contribution >= 4 is 22.8 Å². The number of esters is 2. The molecule has 2 aromatic heterocycles. The number of carbonyl (C=O) groups excluding carboxylic acids is 2. The molecule has 2 N–H and O–H groups in total. The number of aromatic nitrogens is 2. The average molecular weight is 513 g/mol. The number of pyridine rings is 2. The second-order valence-electron chi connectivity index (χ2n) is 9.00. The molecule has 37 heavy (non-hydrogen) atoms. The standard InChI is InChI=1S/C25H21F2N3O7/c1-3-11-12-5-18-19(36-25(26,27)35-18)7-16(12)29-21-13(11)9-30-17(21)6-15-14(22(30)32)10-34-23(33)24(15,4-2)37-20(31)8-28/h5-7H,3-4,8-10,28H2,1-2H3. The van der Waals surface area contributed by atoms with Crippen LogP contribution in [0.1, 0.15) is 42.5 Å². The van der Waals surface area contributed by atoms with E-state index < -0.39 is 35.9 Å². The maximum Gasteiger partial charge on any atom is 0.586 e. The van der Waals surface area contributed by atoms with Crippen molar-refractivity contribution < 1.29 is 37.3 Å². The fraction of sp³-hybridized carbons (Fsp3) is 0.360. The molecule has 0 spiro atoms. The van der Waals surface area contributed by atoms with Gasteiger partial charge in [0.25, 0.3) is 5.56 Å². The molecular weight excluding hydrogens is 492 g/mol. The number of fused-ring (bicyclic) bond motifs is 6. The van der Waals surface area contributed by atoms with E-state index in [1.807, 2.05) is 6.92 Å². The van der Waals surface area contributed by atoms with Gasteiger partial charge in [-0.05, 0) is 30.5 Å². The summed E-state index contributed by atoms with van der Waals surface area (Å²) in [5, 5.41) is 0.602. The molecule has 0 amide bonds. The van der Waals surface area contributed by atoms with Crippen LogP contribution >= 0.6 is 0 Å². The Bertz CT molecular complexity index is 1600. The molecule has 0 radical (unpaired) electrons. The first-order chi connectivity index (χ1) is 17.6. The minimum atomic E-state index is -3.77. The summed E-state index contributed by atoms with van der Waals surface area (Å²) in [7, 11) is 0. The second-order valence-corrected chi connectivity index (χ2v) is 9.00. The van der Waals surface area contributed by atoms with Gasteiger partial charge in [-0.3, -0.25) is 9.59 Å². The predicted molar refractivity (Wildman–Crippen MR) is 123 cm³/mol. The van der Waals surface area contributed by atoms with Crippen molar-refractivity contribution in [2.45, 2.75) is 51.7 Å². The zero-order valence-corrected chi connectivity index (χ0v) is 19.9. The molecule has 1 unspecified atom stereocenters. The van der Waals surface area contributed by atoms with E-state index in [0.717, 1.165) is 11.1 Å². The first-order valence-corrected chi connectivity index (χ1v) is 11.7. The van der Waals surface area contributed by atoms with E-state index in [2.05, 4.69) is 9.47 Å². The number of carbonyl (C=O) groups is 2. The highest BCUT2D eigenvalue weighted by atomic mass is 19.3. The fourth-order valence-corrected chi connectivity index (χ4v) is 5.40. The van der Waals surface area contributed by atoms with Crippen LogP contribution in [0.15, 0.2) is 23.0 Å². The van der Waals surface area contributed by atoms with Gasteiger partial charge < -0.3 is 29.2 Å². The zero-order chi connectivity index (χ0) is 26.3. The zero-order valence-electron chi connectivity index (χ0n) is 19.9. The summed E-state index contributed by atoms with van der Waals surface area (Å²) in [6, 6.07) is 4.46. The van der Waals surface area contributed by atoms with Crippen molar-refractivity contribution in [3.63, 3.8) is 0 Å². The summed E-state index contributed by atoms with van der Waals surface area (Å²) in [5.41, 5.74) is 6.43. The number of aryl methyl sites for hydroxylation is 1. The van der Waals surface area contributed by atoms with Gasteiger partial charge in [0.15, 0.2) is 11.5 Å². The molecular formula is C25H21F2N3O7. The molecule has 0 aliphatic carbocycles. The molecule has 3 aliphatic rings. The minimum Gasteiger partial charge on any atom is -0.457 e. The maximum absolute atomic E-state index is 13.7. The largest absolute Gasteiger partial charge is 0.586 e. The Hall–Kier alpha value is -4.06. The van der Waals surface area contributed by atoms with Gasteiger partial charge in [-0.1, -0.05) is 13.8 Å². The molecule has 10 nitrogen and oxygen atoms in total. The minimum absolute atomic E-state index is 0.0172. The third kappa shape index (κ3) is 3.18. The van der Waals surface area contributed by atoms with Crippen LogP contribution < -0.4 is 20.8 Å². The molecule has 0 saturated carbocycles. The molecule has 3 aromatic rings. The lowest BCUT2D eigenvalue weighted by Gasteiger charge is -2.35. The molecule has 192 valence electrons. The van der Waals surface area contributed by atoms with Crippen molar-refractivity contribution in [1.82, 2.24) is 9.55 Å². The van der Waals surface area contributed by atoms with E-state index in [4.69, 9.17) is 20.2 Å². The molecule has 0 fully saturated rings. The Labute approximate surface area is 207 Å². The topological polar surface area (TPSA) is 132 Å². The van der Waals surface area contributed by atoms with Gasteiger partial charge in [-0.15, -0.1) is 8.78 Å². The third-order valence-corrected chi connectivity index (χ3v) is 7.10. The first kappa shape index (κ1) is 23.3. The number of nitrogens with two attached hydrogens (primary N) is 1. The number of hydrogen-bond acceptors (Lipinski definition) is 9. The second kappa shape index (κ2) is 7.72. The summed E-state index contributed by atoms with van der Waals surface area (Å²) < 4.78 is 48.9. The number of nitrogens with zero attached hydrogens (tertiary/aromatic N) is 2. The molecule has 0 bridgehead atoms. The van der Waals surface area contributed by atoms with Gasteiger partial charge in [-0.2, -0.15) is 0 Å². The Morgan fingerprint density at radius 2 is 1.89 bits per heavy atom. The number of rotatable bonds is 4. The van der Waals surface area contributed by atoms with Gasteiger partial charge in [0.1, 0.15) is 6.61 Å². The van der Waals surface area contributed by atoms with Gasteiger partial charge in [0.05, 0.1) is 35.6 Å². The van der Waals surface area contributed by atoms with Crippen LogP contribution in [0.25, 0.3) is 22.3 Å². The molecule has 6 rings (SSSR count). The van der Waals surface area contributed by atoms with Crippen molar-refractivity contribution in [3.05, 3.63) is 50.8 Å². The normalized spacial score (nSPS) is 20.3. The summed E-state index contributed by atoms with van der Waals surface area (Å²) in [5.74, 6) is -1.85. The molecule has 3 aliphatic heterocycles. The van der Waals surface area contributed by atoms with E-state index >= 15 is 0 Å². The van der Waals surface area contributed by atoms with E-state index in [1.54, 1.807) is 13.0 Å². The van der Waals surface area contributed by atoms with Crippen LogP contribution in [-0.2, 0) is 44.2 Å². The third-order valence-electron chi connectivity index (χ3n) is 7.10. The van der Waals surface area contributed by atoms with Crippen LogP contribution in [0.3, 0.4) is 0 Å². The average Bonchev–Trinajstić information content (AvgIpc) is 3.38. The maximum atomic E-state index is 13.7. The summed E-state index contributed by atoms with van der Waals surface area (Å²) in [6.07, 6.45) is -3.23. The Kier molecular flexibility index (Phi) is 4.87. The van der Waals surface area contributed by atoms with Crippen molar-refractivity contribution in [2.24, 2.45) is 5.73 Å². The van der Waals surface area contributed by atoms with Crippen LogP contribution in [0.5, 0.6) is 11.5 Å². The van der Waals surface area contributed by atoms with Crippen LogP contribution in [0.4, 0.5) is 8.78 Å². The quantitative estimate of drug-likeness (QED) is 0.409. The lowest BCUT2D eigenvalue weighted by atomic mass is 9.85. The summed E-state index contributed by atoms with van der Waals surface area (Å²) in [4.78, 5) is 43.4. The van der Waals surface area contributed by atoms with E-state index in [9.17, 15) is 23.2 Å². The lowest BCUT2D eigenvalue weighted by molar-refractivity contribution is -0.286. The van der Waals surface area contributed by atoms with Crippen LogP contribution in [0.2, 0.25) is 0 Å². The van der Waals surface area contributed by atoms with Gasteiger partial charge in [0.2, 0.25) is 5.60 Å². The molecule has 1 aromatic carbocycles. The SMILES string of the molecule is CCc1c2c(nc3cc4c(cc13)OC(F)(F)O4)-c1cc3c(c(=O)n1C2)COC(=O)C3(CC)OC(=O)CN. The van der Waals surface area contributed by atoms with Crippen molar-refractivity contribution in [3.8, 4) is 22.9 Å². The predicted octanol–water partition coefficient (Wildman–Crippen LogP) is 2.47. The van der Waals surface area contributed by atoms with Crippen molar-refractivity contribution in [1.29, 1.82) is 0 Å². The summed E-state index contributed by atoms with van der Waals surface area (Å²) >= 11 is 0. The highest BCUT2D eigenvalue weighted by molar-refractivity contribution is 5.92. The van der Waals surface area contributed by atoms with E-state index in [0.29, 0.717) is 28.7 Å². The number of hydrogen-bond donors (Lipinski definition) is 1. The lowest BCUT2D eigenvalue weighted by Crippen LogP contribution is -2.48. The Morgan fingerprint density at radius 1 is 1.16 bits per heavy atom. The van der Waals surface area contributed by atoms with Crippen LogP contribution in [0, 0.1) is 0 Å². The molecule has 5 heterocycles. The number of ether oxygens (including phenoxy) is 4. The molecule has 1 atom stereocenters. The smallest absolute Gasteiger partial charge is 0.457 e. The highest BCUT2D eigenvalue weighted by Crippen LogP contribution is 2.46. The van der Waals surface area contributed by atoms with Gasteiger partial charge in [0, 0.05) is 22.6 Å². The Morgan fingerprint density at radius 3 is 2.57 bits per heavy atom. The Balaban J connectivity index is 1.59. The number of cyclic esters (lactones) is 1. The highest BCUT2D eigenvalue weighted by Gasteiger charge is 2.50. The molecule has 12 heteroatoms.